The maximum Gasteiger partial charge on any atom is 0.244 e. The molecule has 0 atom stereocenters. The molecule has 1 heterocycles. The number of rotatable bonds is 5. The summed E-state index contributed by atoms with van der Waals surface area (Å²) in [5, 5.41) is 3.02. The number of hydrogen-bond donors (Lipinski definition) is 2. The van der Waals surface area contributed by atoms with Gasteiger partial charge in [-0.25, -0.2) is 4.99 Å². The third-order valence-corrected chi connectivity index (χ3v) is 2.74. The molecule has 0 fully saturated rings. The number of aliphatic imine (C=N–C) groups is 1. The van der Waals surface area contributed by atoms with Crippen LogP contribution in [-0.2, 0) is 11.2 Å². The summed E-state index contributed by atoms with van der Waals surface area (Å²) >= 11 is 0. The molecule has 6 heteroatoms. The Labute approximate surface area is 126 Å². The highest BCUT2D eigenvalue weighted by molar-refractivity contribution is 5.84. The fraction of sp³-hybridized carbons (Fsp3) is 0.533. The fourth-order valence-corrected chi connectivity index (χ4v) is 1.65. The number of pyridine rings is 1. The minimum Gasteiger partial charge on any atom is -0.370 e. The van der Waals surface area contributed by atoms with E-state index in [1.807, 2.05) is 39.0 Å². The topological polar surface area (TPSA) is 83.6 Å². The first-order chi connectivity index (χ1) is 9.78. The molecule has 0 unspecified atom stereocenters. The van der Waals surface area contributed by atoms with Gasteiger partial charge in [0.2, 0.25) is 5.91 Å². The van der Waals surface area contributed by atoms with Crippen LogP contribution in [0.3, 0.4) is 0 Å². The molecule has 0 aliphatic rings. The van der Waals surface area contributed by atoms with Gasteiger partial charge in [-0.15, -0.1) is 0 Å². The van der Waals surface area contributed by atoms with E-state index in [2.05, 4.69) is 15.3 Å². The van der Waals surface area contributed by atoms with E-state index in [0.29, 0.717) is 6.54 Å². The van der Waals surface area contributed by atoms with Gasteiger partial charge in [-0.3, -0.25) is 9.78 Å². The molecule has 21 heavy (non-hydrogen) atoms. The van der Waals surface area contributed by atoms with Gasteiger partial charge in [-0.1, -0.05) is 6.07 Å². The summed E-state index contributed by atoms with van der Waals surface area (Å²) in [7, 11) is 1.76. The highest BCUT2D eigenvalue weighted by atomic mass is 16.2. The third kappa shape index (κ3) is 7.29. The van der Waals surface area contributed by atoms with Crippen LogP contribution in [0, 0.1) is 0 Å². The molecule has 116 valence electrons. The average Bonchev–Trinajstić information content (AvgIpc) is 2.41. The molecular weight excluding hydrogens is 266 g/mol. The number of likely N-dealkylation sites (N-methyl/N-ethyl adjacent to an activating group) is 1. The SMILES string of the molecule is CN(CCc1ccccn1)C(=O)CN=C(N)NC(C)(C)C. The summed E-state index contributed by atoms with van der Waals surface area (Å²) in [6, 6.07) is 5.76. The van der Waals surface area contributed by atoms with Gasteiger partial charge < -0.3 is 16.0 Å². The standard InChI is InChI=1S/C15H25N5O/c1-15(2,3)19-14(16)18-11-13(21)20(4)10-8-12-7-5-6-9-17-12/h5-7,9H,8,10-11H2,1-4H3,(H3,16,18,19). The van der Waals surface area contributed by atoms with Crippen molar-refractivity contribution in [3.8, 4) is 0 Å². The first kappa shape index (κ1) is 16.9. The monoisotopic (exact) mass is 291 g/mol. The summed E-state index contributed by atoms with van der Waals surface area (Å²) in [5.74, 6) is 0.221. The Bertz CT molecular complexity index is 479. The van der Waals surface area contributed by atoms with E-state index in [0.717, 1.165) is 12.1 Å². The highest BCUT2D eigenvalue weighted by Crippen LogP contribution is 1.98. The van der Waals surface area contributed by atoms with Crippen LogP contribution >= 0.6 is 0 Å². The molecule has 0 bridgehead atoms. The molecule has 1 amide bonds. The maximum atomic E-state index is 11.9. The number of carbonyl (C=O) groups is 1. The first-order valence-corrected chi connectivity index (χ1v) is 7.00. The van der Waals surface area contributed by atoms with Crippen molar-refractivity contribution in [2.75, 3.05) is 20.1 Å². The summed E-state index contributed by atoms with van der Waals surface area (Å²) < 4.78 is 0. The van der Waals surface area contributed by atoms with Crippen LogP contribution in [-0.4, -0.2) is 47.4 Å². The summed E-state index contributed by atoms with van der Waals surface area (Å²) in [6.45, 7) is 6.61. The Kier molecular flexibility index (Phi) is 6.14. The average molecular weight is 291 g/mol. The predicted molar refractivity (Wildman–Crippen MR) is 85.0 cm³/mol. The van der Waals surface area contributed by atoms with Crippen molar-refractivity contribution in [1.82, 2.24) is 15.2 Å². The van der Waals surface area contributed by atoms with Crippen LogP contribution in [0.25, 0.3) is 0 Å². The van der Waals surface area contributed by atoms with E-state index in [1.165, 1.54) is 0 Å². The summed E-state index contributed by atoms with van der Waals surface area (Å²) in [4.78, 5) is 21.9. The van der Waals surface area contributed by atoms with E-state index in [9.17, 15) is 4.79 Å². The Balaban J connectivity index is 2.39. The Morgan fingerprint density at radius 2 is 2.14 bits per heavy atom. The van der Waals surface area contributed by atoms with Crippen LogP contribution in [0.1, 0.15) is 26.5 Å². The van der Waals surface area contributed by atoms with Gasteiger partial charge in [0.05, 0.1) is 0 Å². The van der Waals surface area contributed by atoms with Crippen LogP contribution in [0.4, 0.5) is 0 Å². The smallest absolute Gasteiger partial charge is 0.244 e. The van der Waals surface area contributed by atoms with E-state index in [-0.39, 0.29) is 24.0 Å². The summed E-state index contributed by atoms with van der Waals surface area (Å²) in [6.07, 6.45) is 2.48. The van der Waals surface area contributed by atoms with Crippen LogP contribution in [0.5, 0.6) is 0 Å². The van der Waals surface area contributed by atoms with Gasteiger partial charge in [0.25, 0.3) is 0 Å². The molecule has 0 spiro atoms. The van der Waals surface area contributed by atoms with Gasteiger partial charge in [0.15, 0.2) is 5.96 Å². The van der Waals surface area contributed by atoms with E-state index >= 15 is 0 Å². The number of nitrogens with one attached hydrogen (secondary N) is 1. The Hall–Kier alpha value is -2.11. The third-order valence-electron chi connectivity index (χ3n) is 2.74. The van der Waals surface area contributed by atoms with Crippen LogP contribution in [0.15, 0.2) is 29.4 Å². The lowest BCUT2D eigenvalue weighted by atomic mass is 10.1. The van der Waals surface area contributed by atoms with Crippen molar-refractivity contribution in [1.29, 1.82) is 0 Å². The number of hydrogen-bond acceptors (Lipinski definition) is 3. The Morgan fingerprint density at radius 1 is 1.43 bits per heavy atom. The van der Waals surface area contributed by atoms with Crippen LogP contribution in [0.2, 0.25) is 0 Å². The molecule has 6 nitrogen and oxygen atoms in total. The zero-order chi connectivity index (χ0) is 15.9. The molecule has 1 aromatic heterocycles. The zero-order valence-corrected chi connectivity index (χ0v) is 13.3. The number of aromatic nitrogens is 1. The maximum absolute atomic E-state index is 11.9. The largest absolute Gasteiger partial charge is 0.370 e. The summed E-state index contributed by atoms with van der Waals surface area (Å²) in [5.41, 5.74) is 6.53. The number of carbonyl (C=O) groups excluding carboxylic acids is 1. The van der Waals surface area contributed by atoms with E-state index in [1.54, 1.807) is 18.1 Å². The predicted octanol–water partition coefficient (Wildman–Crippen LogP) is 0.785. The van der Waals surface area contributed by atoms with Crippen molar-refractivity contribution in [3.63, 3.8) is 0 Å². The number of nitrogens with zero attached hydrogens (tertiary/aromatic N) is 3. The lowest BCUT2D eigenvalue weighted by Crippen LogP contribution is -2.45. The molecule has 0 aliphatic carbocycles. The molecule has 0 saturated carbocycles. The van der Waals surface area contributed by atoms with Gasteiger partial charge in [-0.2, -0.15) is 0 Å². The van der Waals surface area contributed by atoms with Gasteiger partial charge >= 0.3 is 0 Å². The molecule has 0 aromatic carbocycles. The van der Waals surface area contributed by atoms with Gasteiger partial charge in [-0.05, 0) is 32.9 Å². The van der Waals surface area contributed by atoms with E-state index < -0.39 is 0 Å². The van der Waals surface area contributed by atoms with E-state index in [4.69, 9.17) is 5.73 Å². The van der Waals surface area contributed by atoms with Crippen molar-refractivity contribution in [2.24, 2.45) is 10.7 Å². The van der Waals surface area contributed by atoms with Gasteiger partial charge in [0.1, 0.15) is 6.54 Å². The first-order valence-electron chi connectivity index (χ1n) is 7.00. The zero-order valence-electron chi connectivity index (χ0n) is 13.3. The molecule has 3 N–H and O–H groups in total. The number of guanidine groups is 1. The number of amides is 1. The normalized spacial score (nSPS) is 12.1. The fourth-order valence-electron chi connectivity index (χ4n) is 1.65. The van der Waals surface area contributed by atoms with Crippen molar-refractivity contribution < 1.29 is 4.79 Å². The van der Waals surface area contributed by atoms with Crippen molar-refractivity contribution in [2.45, 2.75) is 32.7 Å². The van der Waals surface area contributed by atoms with Crippen molar-refractivity contribution in [3.05, 3.63) is 30.1 Å². The van der Waals surface area contributed by atoms with Crippen molar-refractivity contribution >= 4 is 11.9 Å². The second kappa shape index (κ2) is 7.61. The van der Waals surface area contributed by atoms with Gasteiger partial charge in [0, 0.05) is 37.4 Å². The highest BCUT2D eigenvalue weighted by Gasteiger charge is 2.11. The minimum absolute atomic E-state index is 0.0492. The molecule has 1 aromatic rings. The second-order valence-electron chi connectivity index (χ2n) is 5.96. The lowest BCUT2D eigenvalue weighted by molar-refractivity contribution is -0.128. The number of nitrogens with two attached hydrogens (primary N) is 1. The van der Waals surface area contributed by atoms with Crippen LogP contribution < -0.4 is 11.1 Å². The molecular formula is C15H25N5O. The lowest BCUT2D eigenvalue weighted by Gasteiger charge is -2.21. The molecule has 0 radical (unpaired) electrons. The second-order valence-corrected chi connectivity index (χ2v) is 5.96. The quantitative estimate of drug-likeness (QED) is 0.620. The Morgan fingerprint density at radius 3 is 2.71 bits per heavy atom. The molecule has 1 rings (SSSR count). The molecule has 0 saturated heterocycles. The molecule has 0 aliphatic heterocycles. The minimum atomic E-state index is -0.165.